The minimum absolute atomic E-state index is 0. The second-order valence-corrected chi connectivity index (χ2v) is 2.56. The molecule has 68 valence electrons. The number of hydrogen-bond acceptors (Lipinski definition) is 0. The number of halogens is 2. The minimum atomic E-state index is 0. The van der Waals surface area contributed by atoms with Crippen molar-refractivity contribution in [3.8, 4) is 0 Å². The summed E-state index contributed by atoms with van der Waals surface area (Å²) in [5, 5.41) is 0. The number of allylic oxidation sites excluding steroid dienone is 4. The van der Waals surface area contributed by atoms with Gasteiger partial charge in [0, 0.05) is 0 Å². The van der Waals surface area contributed by atoms with Crippen LogP contribution in [0.1, 0.15) is 32.6 Å². The van der Waals surface area contributed by atoms with Gasteiger partial charge in [-0.15, -0.1) is 0 Å². The Morgan fingerprint density at radius 3 is 2.42 bits per heavy atom. The zero-order chi connectivity index (χ0) is 6.53. The molecule has 0 heterocycles. The first-order valence-corrected chi connectivity index (χ1v) is 3.78. The van der Waals surface area contributed by atoms with Crippen LogP contribution in [-0.4, -0.2) is 0 Å². The van der Waals surface area contributed by atoms with E-state index in [4.69, 9.17) is 0 Å². The fourth-order valence-electron chi connectivity index (χ4n) is 1.08. The molecule has 0 aromatic rings. The Labute approximate surface area is 107 Å². The summed E-state index contributed by atoms with van der Waals surface area (Å²) in [5.74, 6) is 0. The number of rotatable bonds is 3. The summed E-state index contributed by atoms with van der Waals surface area (Å²) < 4.78 is 0. The van der Waals surface area contributed by atoms with Crippen LogP contribution in [0.15, 0.2) is 23.8 Å². The van der Waals surface area contributed by atoms with Crippen molar-refractivity contribution >= 4 is 0 Å². The van der Waals surface area contributed by atoms with Crippen molar-refractivity contribution in [1.29, 1.82) is 0 Å². The molecule has 0 atom stereocenters. The third-order valence-electron chi connectivity index (χ3n) is 1.70. The molecule has 0 radical (unpaired) electrons. The van der Waals surface area contributed by atoms with Crippen LogP contribution in [0.5, 0.6) is 0 Å². The van der Waals surface area contributed by atoms with Gasteiger partial charge < -0.3 is 24.8 Å². The first-order chi connectivity index (χ1) is 4.43. The fourth-order valence-corrected chi connectivity index (χ4v) is 1.08. The van der Waals surface area contributed by atoms with Crippen molar-refractivity contribution in [1.82, 2.24) is 0 Å². The first kappa shape index (κ1) is 18.7. The van der Waals surface area contributed by atoms with Crippen LogP contribution < -0.4 is 24.8 Å². The molecule has 0 bridgehead atoms. The summed E-state index contributed by atoms with van der Waals surface area (Å²) in [6, 6.07) is 0. The van der Waals surface area contributed by atoms with Crippen molar-refractivity contribution in [2.75, 3.05) is 0 Å². The van der Waals surface area contributed by atoms with Gasteiger partial charge in [0.25, 0.3) is 0 Å². The van der Waals surface area contributed by atoms with Crippen molar-refractivity contribution in [3.05, 3.63) is 23.8 Å². The summed E-state index contributed by atoms with van der Waals surface area (Å²) in [6.45, 7) is 2.24. The minimum Gasteiger partial charge on any atom is -1.00 e. The SMILES string of the molecule is CCCCC1=CC=CC1.[Cl-].[Cl-].[Zr+2]. The molecule has 1 rings (SSSR count). The van der Waals surface area contributed by atoms with Gasteiger partial charge >= 0.3 is 26.2 Å². The van der Waals surface area contributed by atoms with Crippen LogP contribution in [0.2, 0.25) is 0 Å². The predicted molar refractivity (Wildman–Crippen MR) is 41.4 cm³/mol. The Morgan fingerprint density at radius 2 is 2.00 bits per heavy atom. The van der Waals surface area contributed by atoms with Gasteiger partial charge in [-0.1, -0.05) is 37.1 Å². The molecule has 0 fully saturated rings. The summed E-state index contributed by atoms with van der Waals surface area (Å²) in [4.78, 5) is 0. The second kappa shape index (κ2) is 11.9. The van der Waals surface area contributed by atoms with Gasteiger partial charge in [0.15, 0.2) is 0 Å². The van der Waals surface area contributed by atoms with Crippen LogP contribution in [-0.2, 0) is 26.2 Å². The van der Waals surface area contributed by atoms with Crippen LogP contribution in [0, 0.1) is 0 Å². The van der Waals surface area contributed by atoms with Gasteiger partial charge in [0.05, 0.1) is 0 Å². The molecule has 3 heteroatoms. The third kappa shape index (κ3) is 7.58. The van der Waals surface area contributed by atoms with Crippen LogP contribution in [0.3, 0.4) is 0 Å². The molecular weight excluding hydrogens is 270 g/mol. The van der Waals surface area contributed by atoms with Crippen LogP contribution in [0.25, 0.3) is 0 Å². The van der Waals surface area contributed by atoms with Gasteiger partial charge in [-0.3, -0.25) is 0 Å². The average molecular weight is 284 g/mol. The molecule has 0 N–H and O–H groups in total. The Morgan fingerprint density at radius 1 is 1.33 bits per heavy atom. The van der Waals surface area contributed by atoms with E-state index in [1.807, 2.05) is 0 Å². The van der Waals surface area contributed by atoms with Gasteiger partial charge in [0.2, 0.25) is 0 Å². The third-order valence-corrected chi connectivity index (χ3v) is 1.70. The van der Waals surface area contributed by atoms with Gasteiger partial charge in [-0.25, -0.2) is 0 Å². The first-order valence-electron chi connectivity index (χ1n) is 3.78. The van der Waals surface area contributed by atoms with Crippen molar-refractivity contribution < 1.29 is 51.0 Å². The van der Waals surface area contributed by atoms with E-state index in [1.165, 1.54) is 25.7 Å². The summed E-state index contributed by atoms with van der Waals surface area (Å²) >= 11 is 0. The van der Waals surface area contributed by atoms with Crippen LogP contribution >= 0.6 is 0 Å². The van der Waals surface area contributed by atoms with E-state index >= 15 is 0 Å². The number of unbranched alkanes of at least 4 members (excludes halogenated alkanes) is 1. The standard InChI is InChI=1S/C9H14.2ClH.Zr/c1-2-3-6-9-7-4-5-8-9;;;/h4-5,7H,2-3,6,8H2,1H3;2*1H;/q;;;+2/p-2. The van der Waals surface area contributed by atoms with Gasteiger partial charge in [0.1, 0.15) is 0 Å². The molecular formula is C9H14Cl2Zr. The molecule has 0 spiro atoms. The molecule has 0 aromatic carbocycles. The molecule has 0 saturated heterocycles. The van der Waals surface area contributed by atoms with E-state index in [1.54, 1.807) is 5.57 Å². The van der Waals surface area contributed by atoms with Gasteiger partial charge in [-0.2, -0.15) is 0 Å². The maximum atomic E-state index is 2.25. The summed E-state index contributed by atoms with van der Waals surface area (Å²) in [7, 11) is 0. The zero-order valence-corrected chi connectivity index (χ0v) is 11.3. The molecule has 0 amide bonds. The van der Waals surface area contributed by atoms with E-state index in [2.05, 4.69) is 25.2 Å². The van der Waals surface area contributed by atoms with E-state index in [0.717, 1.165) is 0 Å². The maximum Gasteiger partial charge on any atom is 2.00 e. The molecule has 0 unspecified atom stereocenters. The van der Waals surface area contributed by atoms with E-state index in [-0.39, 0.29) is 51.0 Å². The molecule has 0 aliphatic heterocycles. The van der Waals surface area contributed by atoms with Gasteiger partial charge in [-0.05, 0) is 19.3 Å². The smallest absolute Gasteiger partial charge is 1.00 e. The number of hydrogen-bond donors (Lipinski definition) is 0. The molecule has 0 nitrogen and oxygen atoms in total. The molecule has 1 aliphatic carbocycles. The quantitative estimate of drug-likeness (QED) is 0.521. The Hall–Kier alpha value is 0.943. The average Bonchev–Trinajstić information content (AvgIpc) is 2.34. The summed E-state index contributed by atoms with van der Waals surface area (Å²) in [5.41, 5.74) is 1.61. The fraction of sp³-hybridized carbons (Fsp3) is 0.556. The monoisotopic (exact) mass is 282 g/mol. The molecule has 12 heavy (non-hydrogen) atoms. The normalized spacial score (nSPS) is 12.2. The second-order valence-electron chi connectivity index (χ2n) is 2.56. The van der Waals surface area contributed by atoms with E-state index in [9.17, 15) is 0 Å². The van der Waals surface area contributed by atoms with E-state index in [0.29, 0.717) is 0 Å². The molecule has 1 aliphatic rings. The largest absolute Gasteiger partial charge is 2.00 e. The Bertz CT molecular complexity index is 141. The molecule has 0 saturated carbocycles. The zero-order valence-electron chi connectivity index (χ0n) is 7.32. The van der Waals surface area contributed by atoms with Crippen molar-refractivity contribution in [2.24, 2.45) is 0 Å². The Balaban J connectivity index is -0.000000270. The molecule has 0 aromatic heterocycles. The van der Waals surface area contributed by atoms with Crippen molar-refractivity contribution in [3.63, 3.8) is 0 Å². The topological polar surface area (TPSA) is 0 Å². The van der Waals surface area contributed by atoms with E-state index < -0.39 is 0 Å². The van der Waals surface area contributed by atoms with Crippen molar-refractivity contribution in [2.45, 2.75) is 32.6 Å². The van der Waals surface area contributed by atoms with Crippen LogP contribution in [0.4, 0.5) is 0 Å². The maximum absolute atomic E-state index is 2.25. The summed E-state index contributed by atoms with van der Waals surface area (Å²) in [6.07, 6.45) is 11.8. The Kier molecular flexibility index (Phi) is 18.6. The predicted octanol–water partition coefficient (Wildman–Crippen LogP) is -2.93.